The average molecular weight is 771 g/mol. The summed E-state index contributed by atoms with van der Waals surface area (Å²) in [6.45, 7) is 9.13. The normalized spacial score (nSPS) is 12.6. The molecule has 2 unspecified atom stereocenters. The van der Waals surface area contributed by atoms with Crippen molar-refractivity contribution in [2.24, 2.45) is 11.8 Å². The molecule has 6 aromatic rings. The maximum absolute atomic E-state index is 4.97. The Labute approximate surface area is 325 Å². The first-order chi connectivity index (χ1) is 24.8. The molecule has 0 saturated carbocycles. The number of hydrogen-bond acceptors (Lipinski definition) is 9. The zero-order valence-electron chi connectivity index (χ0n) is 31.4. The van der Waals surface area contributed by atoms with Gasteiger partial charge in [-0.2, -0.15) is 8.75 Å². The van der Waals surface area contributed by atoms with Crippen LogP contribution in [0.15, 0.2) is 24.3 Å². The summed E-state index contributed by atoms with van der Waals surface area (Å²) >= 11 is 8.62. The van der Waals surface area contributed by atoms with Crippen molar-refractivity contribution in [3.8, 4) is 44.6 Å². The lowest BCUT2D eigenvalue weighted by molar-refractivity contribution is 0.462. The standard InChI is InChI=1S/C42H50N4S5/c1-9-13-17-27(11-3)19-15-21-29-23-31-33(47-29)25-35(49-31)37-39-40(44-51-43-39)38(42(46(7)8)41(37)45(5)6)36-26-34-32(50-36)24-30(48-34)22-16-20-28(12-4)18-14-10-2/h23-28H,9-14,17-20H2,1-8H3. The van der Waals surface area contributed by atoms with Gasteiger partial charge in [-0.3, -0.25) is 0 Å². The average Bonchev–Trinajstić information content (AvgIpc) is 3.93. The van der Waals surface area contributed by atoms with Crippen molar-refractivity contribution in [3.63, 3.8) is 0 Å². The lowest BCUT2D eigenvalue weighted by Gasteiger charge is -2.28. The Morgan fingerprint density at radius 3 is 1.35 bits per heavy atom. The summed E-state index contributed by atoms with van der Waals surface area (Å²) in [6, 6.07) is 9.27. The van der Waals surface area contributed by atoms with Crippen LogP contribution in [0.3, 0.4) is 0 Å². The van der Waals surface area contributed by atoms with E-state index in [4.69, 9.17) is 8.75 Å². The summed E-state index contributed by atoms with van der Waals surface area (Å²) in [6.07, 6.45) is 12.1. The highest BCUT2D eigenvalue weighted by Gasteiger charge is 2.29. The fourth-order valence-corrected chi connectivity index (χ4v) is 12.0. The monoisotopic (exact) mass is 770 g/mol. The van der Waals surface area contributed by atoms with Crippen molar-refractivity contribution in [2.45, 2.75) is 91.9 Å². The van der Waals surface area contributed by atoms with E-state index in [2.05, 4.69) is 114 Å². The zero-order valence-corrected chi connectivity index (χ0v) is 35.4. The molecule has 0 amide bonds. The van der Waals surface area contributed by atoms with Gasteiger partial charge in [0.15, 0.2) is 0 Å². The third kappa shape index (κ3) is 8.34. The van der Waals surface area contributed by atoms with Crippen LogP contribution in [0.1, 0.15) is 102 Å². The summed E-state index contributed by atoms with van der Waals surface area (Å²) in [4.78, 5) is 9.30. The van der Waals surface area contributed by atoms with Crippen LogP contribution >= 0.6 is 57.1 Å². The molecular weight excluding hydrogens is 721 g/mol. The minimum absolute atomic E-state index is 0.707. The molecule has 0 saturated heterocycles. The van der Waals surface area contributed by atoms with E-state index in [1.54, 1.807) is 0 Å². The second-order valence-corrected chi connectivity index (χ2v) is 18.8. The number of fused-ring (bicyclic) bond motifs is 3. The van der Waals surface area contributed by atoms with Crippen LogP contribution in [-0.4, -0.2) is 36.9 Å². The summed E-state index contributed by atoms with van der Waals surface area (Å²) in [7, 11) is 8.60. The summed E-state index contributed by atoms with van der Waals surface area (Å²) in [5, 5.41) is 0. The molecule has 0 N–H and O–H groups in total. The van der Waals surface area contributed by atoms with E-state index in [1.807, 2.05) is 45.3 Å². The van der Waals surface area contributed by atoms with Crippen molar-refractivity contribution >= 4 is 98.3 Å². The predicted molar refractivity (Wildman–Crippen MR) is 233 cm³/mol. The Kier molecular flexibility index (Phi) is 12.8. The quantitative estimate of drug-likeness (QED) is 0.103. The van der Waals surface area contributed by atoms with Gasteiger partial charge in [-0.15, -0.1) is 45.3 Å². The Morgan fingerprint density at radius 2 is 1.00 bits per heavy atom. The first-order valence-electron chi connectivity index (χ1n) is 18.5. The third-order valence-corrected chi connectivity index (χ3v) is 14.7. The van der Waals surface area contributed by atoms with Crippen molar-refractivity contribution in [3.05, 3.63) is 34.0 Å². The van der Waals surface area contributed by atoms with Crippen LogP contribution in [0, 0.1) is 35.5 Å². The van der Waals surface area contributed by atoms with Gasteiger partial charge in [-0.1, -0.05) is 89.9 Å². The van der Waals surface area contributed by atoms with Crippen LogP contribution < -0.4 is 9.80 Å². The number of anilines is 2. The largest absolute Gasteiger partial charge is 0.375 e. The van der Waals surface area contributed by atoms with E-state index in [0.29, 0.717) is 11.8 Å². The molecule has 1 aromatic carbocycles. The van der Waals surface area contributed by atoms with Crippen LogP contribution in [0.4, 0.5) is 11.4 Å². The molecule has 4 nitrogen and oxygen atoms in total. The van der Waals surface area contributed by atoms with Gasteiger partial charge < -0.3 is 9.80 Å². The Bertz CT molecular complexity index is 2000. The molecular formula is C42H50N4S5. The van der Waals surface area contributed by atoms with Gasteiger partial charge in [0, 0.05) is 80.7 Å². The summed E-state index contributed by atoms with van der Waals surface area (Å²) in [5.74, 6) is 15.4. The van der Waals surface area contributed by atoms with Gasteiger partial charge in [0.25, 0.3) is 0 Å². The lowest BCUT2D eigenvalue weighted by Crippen LogP contribution is -2.19. The molecule has 9 heteroatoms. The number of thiophene rings is 4. The number of benzene rings is 1. The SMILES string of the molecule is CCCCC(CC)CC#Cc1cc2sc(-c3c(N(C)C)c(N(C)C)c(-c4cc5sc(C#CCC(CC)CCCC)cc5s4)c4nsnc34)cc2s1. The Hall–Kier alpha value is -2.92. The van der Waals surface area contributed by atoms with E-state index in [0.717, 1.165) is 33.6 Å². The van der Waals surface area contributed by atoms with E-state index < -0.39 is 0 Å². The topological polar surface area (TPSA) is 32.3 Å². The minimum atomic E-state index is 0.707. The van der Waals surface area contributed by atoms with Crippen molar-refractivity contribution in [1.29, 1.82) is 0 Å². The number of unbranched alkanes of at least 4 members (excludes halogenated alkanes) is 2. The molecule has 268 valence electrons. The minimum Gasteiger partial charge on any atom is -0.375 e. The second kappa shape index (κ2) is 17.3. The van der Waals surface area contributed by atoms with E-state index in [-0.39, 0.29) is 0 Å². The van der Waals surface area contributed by atoms with Crippen LogP contribution in [0.25, 0.3) is 50.7 Å². The molecule has 0 radical (unpaired) electrons. The highest BCUT2D eigenvalue weighted by atomic mass is 32.1. The van der Waals surface area contributed by atoms with Gasteiger partial charge in [-0.25, -0.2) is 0 Å². The van der Waals surface area contributed by atoms with E-state index in [1.165, 1.54) is 114 Å². The smallest absolute Gasteiger partial charge is 0.116 e. The van der Waals surface area contributed by atoms with Crippen molar-refractivity contribution in [2.75, 3.05) is 38.0 Å². The number of rotatable bonds is 14. The second-order valence-electron chi connectivity index (χ2n) is 13.9. The van der Waals surface area contributed by atoms with Crippen LogP contribution in [0.2, 0.25) is 0 Å². The molecule has 0 bridgehead atoms. The first kappa shape index (κ1) is 37.8. The predicted octanol–water partition coefficient (Wildman–Crippen LogP) is 13.6. The lowest BCUT2D eigenvalue weighted by atomic mass is 9.96. The molecule has 0 fully saturated rings. The summed E-state index contributed by atoms with van der Waals surface area (Å²) in [5.41, 5.74) is 6.65. The van der Waals surface area contributed by atoms with Gasteiger partial charge in [0.05, 0.1) is 32.9 Å². The molecule has 0 aliphatic carbocycles. The molecule has 2 atom stereocenters. The molecule has 0 aliphatic heterocycles. The van der Waals surface area contributed by atoms with Gasteiger partial charge >= 0.3 is 0 Å². The molecule has 6 rings (SSSR count). The highest BCUT2D eigenvalue weighted by molar-refractivity contribution is 7.30. The van der Waals surface area contributed by atoms with Crippen LogP contribution in [-0.2, 0) is 0 Å². The van der Waals surface area contributed by atoms with E-state index in [9.17, 15) is 0 Å². The fourth-order valence-electron chi connectivity index (χ4n) is 6.81. The molecule has 0 aliphatic rings. The van der Waals surface area contributed by atoms with Gasteiger partial charge in [-0.05, 0) is 48.9 Å². The number of hydrogen-bond donors (Lipinski definition) is 0. The Morgan fingerprint density at radius 1 is 0.588 bits per heavy atom. The summed E-state index contributed by atoms with van der Waals surface area (Å²) < 4.78 is 15.1. The number of nitrogens with zero attached hydrogens (tertiary/aromatic N) is 4. The maximum Gasteiger partial charge on any atom is 0.116 e. The van der Waals surface area contributed by atoms with Crippen molar-refractivity contribution in [1.82, 2.24) is 8.75 Å². The Balaban J connectivity index is 1.35. The first-order valence-corrected chi connectivity index (χ1v) is 22.5. The van der Waals surface area contributed by atoms with Gasteiger partial charge in [0.2, 0.25) is 0 Å². The van der Waals surface area contributed by atoms with Gasteiger partial charge in [0.1, 0.15) is 11.0 Å². The molecule has 0 spiro atoms. The molecule has 5 heterocycles. The van der Waals surface area contributed by atoms with Crippen LogP contribution in [0.5, 0.6) is 0 Å². The van der Waals surface area contributed by atoms with Crippen molar-refractivity contribution < 1.29 is 0 Å². The molecule has 51 heavy (non-hydrogen) atoms. The fraction of sp³-hybridized carbons (Fsp3) is 0.476. The molecule has 5 aromatic heterocycles. The maximum atomic E-state index is 4.97. The van der Waals surface area contributed by atoms with E-state index >= 15 is 0 Å². The number of aromatic nitrogens is 2. The zero-order chi connectivity index (χ0) is 36.1. The highest BCUT2D eigenvalue weighted by Crippen LogP contribution is 2.54. The third-order valence-electron chi connectivity index (χ3n) is 9.75.